The van der Waals surface area contributed by atoms with Crippen LogP contribution in [0.25, 0.3) is 22.4 Å². The maximum absolute atomic E-state index is 5.49. The SMILES string of the molecule is S=c1s/c(=C\c2ccccc2)c2nnc(-c3cccs3)n12. The molecule has 4 rings (SSSR count). The van der Waals surface area contributed by atoms with Crippen LogP contribution in [0.4, 0.5) is 0 Å². The fourth-order valence-electron chi connectivity index (χ4n) is 2.16. The molecule has 0 N–H and O–H groups in total. The second kappa shape index (κ2) is 5.14. The standard InChI is InChI=1S/C15H9N3S3/c19-15-18-13(11-7-4-8-20-11)16-17-14(18)12(21-15)9-10-5-2-1-3-6-10/h1-9H/b12-9-. The van der Waals surface area contributed by atoms with Gasteiger partial charge in [0.1, 0.15) is 0 Å². The quantitative estimate of drug-likeness (QED) is 0.525. The molecule has 6 heteroatoms. The van der Waals surface area contributed by atoms with E-state index < -0.39 is 0 Å². The van der Waals surface area contributed by atoms with Gasteiger partial charge in [-0.1, -0.05) is 36.4 Å². The molecule has 0 radical (unpaired) electrons. The lowest BCUT2D eigenvalue weighted by molar-refractivity contribution is 1.11. The number of thiazole rings is 1. The van der Waals surface area contributed by atoms with Crippen LogP contribution < -0.4 is 4.53 Å². The first kappa shape index (κ1) is 12.8. The lowest BCUT2D eigenvalue weighted by atomic mass is 10.2. The molecular formula is C15H9N3S3. The monoisotopic (exact) mass is 327 g/mol. The number of fused-ring (bicyclic) bond motifs is 1. The van der Waals surface area contributed by atoms with E-state index in [2.05, 4.69) is 28.4 Å². The molecule has 0 saturated heterocycles. The van der Waals surface area contributed by atoms with Crippen molar-refractivity contribution in [3.8, 4) is 10.7 Å². The average molecular weight is 327 g/mol. The largest absolute Gasteiger partial charge is 0.255 e. The van der Waals surface area contributed by atoms with Gasteiger partial charge in [-0.15, -0.1) is 32.9 Å². The summed E-state index contributed by atoms with van der Waals surface area (Å²) in [5, 5.41) is 10.7. The highest BCUT2D eigenvalue weighted by Crippen LogP contribution is 2.24. The van der Waals surface area contributed by atoms with E-state index in [-0.39, 0.29) is 0 Å². The summed E-state index contributed by atoms with van der Waals surface area (Å²) in [5.74, 6) is 0.828. The van der Waals surface area contributed by atoms with Crippen molar-refractivity contribution in [3.05, 3.63) is 61.9 Å². The summed E-state index contributed by atoms with van der Waals surface area (Å²) in [5.41, 5.74) is 1.97. The molecule has 0 atom stereocenters. The van der Waals surface area contributed by atoms with E-state index in [0.717, 1.165) is 30.4 Å². The Morgan fingerprint density at radius 2 is 1.90 bits per heavy atom. The smallest absolute Gasteiger partial charge is 0.180 e. The van der Waals surface area contributed by atoms with Gasteiger partial charge in [0.25, 0.3) is 0 Å². The minimum atomic E-state index is 0.778. The van der Waals surface area contributed by atoms with Crippen LogP contribution in [0.5, 0.6) is 0 Å². The summed E-state index contributed by atoms with van der Waals surface area (Å²) < 4.78 is 3.78. The van der Waals surface area contributed by atoms with Crippen molar-refractivity contribution in [1.29, 1.82) is 0 Å². The summed E-state index contributed by atoms with van der Waals surface area (Å²) in [6.45, 7) is 0. The molecule has 0 amide bonds. The number of aromatic nitrogens is 3. The number of hydrogen-bond donors (Lipinski definition) is 0. The molecule has 3 aromatic heterocycles. The van der Waals surface area contributed by atoms with Gasteiger partial charge in [-0.25, -0.2) is 0 Å². The number of benzene rings is 1. The molecule has 3 nitrogen and oxygen atoms in total. The van der Waals surface area contributed by atoms with Gasteiger partial charge in [-0.2, -0.15) is 0 Å². The molecule has 0 unspecified atom stereocenters. The molecule has 0 fully saturated rings. The highest BCUT2D eigenvalue weighted by molar-refractivity contribution is 7.73. The Morgan fingerprint density at radius 3 is 2.67 bits per heavy atom. The van der Waals surface area contributed by atoms with Crippen molar-refractivity contribution < 1.29 is 0 Å². The van der Waals surface area contributed by atoms with E-state index in [1.54, 1.807) is 22.7 Å². The van der Waals surface area contributed by atoms with Gasteiger partial charge in [0.05, 0.1) is 9.41 Å². The first-order chi connectivity index (χ1) is 10.3. The van der Waals surface area contributed by atoms with Crippen LogP contribution in [0.2, 0.25) is 0 Å². The molecule has 3 heterocycles. The Bertz CT molecular complexity index is 998. The van der Waals surface area contributed by atoms with Gasteiger partial charge in [-0.3, -0.25) is 4.40 Å². The second-order valence-corrected chi connectivity index (χ2v) is 7.07. The van der Waals surface area contributed by atoms with Crippen LogP contribution in [0, 0.1) is 3.95 Å². The number of rotatable bonds is 2. The van der Waals surface area contributed by atoms with Crippen LogP contribution in [0.15, 0.2) is 47.8 Å². The van der Waals surface area contributed by atoms with Gasteiger partial charge in [0.15, 0.2) is 15.4 Å². The Hall–Kier alpha value is -1.89. The number of hydrogen-bond acceptors (Lipinski definition) is 5. The zero-order valence-corrected chi connectivity index (χ0v) is 13.2. The summed E-state index contributed by atoms with van der Waals surface area (Å²) in [4.78, 5) is 1.08. The first-order valence-electron chi connectivity index (χ1n) is 6.31. The zero-order valence-electron chi connectivity index (χ0n) is 10.8. The molecule has 102 valence electrons. The summed E-state index contributed by atoms with van der Waals surface area (Å²) >= 11 is 8.70. The predicted molar refractivity (Wildman–Crippen MR) is 90.2 cm³/mol. The van der Waals surface area contributed by atoms with Crippen LogP contribution in [-0.4, -0.2) is 14.6 Å². The zero-order chi connectivity index (χ0) is 14.2. The highest BCUT2D eigenvalue weighted by atomic mass is 32.1. The van der Waals surface area contributed by atoms with Crippen LogP contribution in [0.1, 0.15) is 5.56 Å². The van der Waals surface area contributed by atoms with Gasteiger partial charge in [-0.05, 0) is 35.3 Å². The normalized spacial score (nSPS) is 12.3. The minimum absolute atomic E-state index is 0.778. The van der Waals surface area contributed by atoms with Crippen molar-refractivity contribution in [2.45, 2.75) is 0 Å². The molecule has 0 saturated carbocycles. The van der Waals surface area contributed by atoms with Gasteiger partial charge >= 0.3 is 0 Å². The minimum Gasteiger partial charge on any atom is -0.255 e. The van der Waals surface area contributed by atoms with E-state index in [4.69, 9.17) is 12.2 Å². The molecule has 4 aromatic rings. The van der Waals surface area contributed by atoms with E-state index in [1.165, 1.54) is 0 Å². The molecule has 0 spiro atoms. The maximum atomic E-state index is 5.49. The van der Waals surface area contributed by atoms with Crippen LogP contribution in [0.3, 0.4) is 0 Å². The third-order valence-corrected chi connectivity index (χ3v) is 5.28. The van der Waals surface area contributed by atoms with Gasteiger partial charge in [0.2, 0.25) is 0 Å². The van der Waals surface area contributed by atoms with Crippen molar-refractivity contribution in [2.75, 3.05) is 0 Å². The van der Waals surface area contributed by atoms with E-state index >= 15 is 0 Å². The molecule has 21 heavy (non-hydrogen) atoms. The third kappa shape index (κ3) is 2.21. The average Bonchev–Trinajstić information content (AvgIpc) is 3.20. The van der Waals surface area contributed by atoms with Crippen LogP contribution in [-0.2, 0) is 0 Å². The second-order valence-electron chi connectivity index (χ2n) is 4.45. The van der Waals surface area contributed by atoms with Crippen LogP contribution >= 0.6 is 34.9 Å². The summed E-state index contributed by atoms with van der Waals surface area (Å²) in [6, 6.07) is 14.2. The first-order valence-corrected chi connectivity index (χ1v) is 8.42. The molecule has 0 bridgehead atoms. The molecule has 0 aliphatic heterocycles. The Kier molecular flexibility index (Phi) is 3.14. The van der Waals surface area contributed by atoms with Crippen molar-refractivity contribution in [2.24, 2.45) is 0 Å². The Labute approximate surface area is 133 Å². The van der Waals surface area contributed by atoms with Crippen molar-refractivity contribution >= 4 is 46.6 Å². The lowest BCUT2D eigenvalue weighted by Crippen LogP contribution is -1.95. The van der Waals surface area contributed by atoms with E-state index in [9.17, 15) is 0 Å². The molecule has 1 aromatic carbocycles. The number of thiophene rings is 1. The third-order valence-electron chi connectivity index (χ3n) is 3.10. The number of nitrogens with zero attached hydrogens (tertiary/aromatic N) is 3. The molecule has 0 aliphatic rings. The van der Waals surface area contributed by atoms with Crippen molar-refractivity contribution in [1.82, 2.24) is 14.6 Å². The molecular weight excluding hydrogens is 318 g/mol. The predicted octanol–water partition coefficient (Wildman–Crippen LogP) is 3.80. The summed E-state index contributed by atoms with van der Waals surface area (Å²) in [6.07, 6.45) is 2.10. The van der Waals surface area contributed by atoms with E-state index in [1.807, 2.05) is 40.1 Å². The molecule has 0 aliphatic carbocycles. The topological polar surface area (TPSA) is 30.2 Å². The van der Waals surface area contributed by atoms with E-state index in [0.29, 0.717) is 0 Å². The van der Waals surface area contributed by atoms with Gasteiger partial charge < -0.3 is 0 Å². The fourth-order valence-corrected chi connectivity index (χ4v) is 4.17. The maximum Gasteiger partial charge on any atom is 0.180 e. The Balaban J connectivity index is 1.98. The summed E-state index contributed by atoms with van der Waals surface area (Å²) in [7, 11) is 0. The van der Waals surface area contributed by atoms with Crippen molar-refractivity contribution in [3.63, 3.8) is 0 Å². The van der Waals surface area contributed by atoms with Gasteiger partial charge in [0, 0.05) is 0 Å². The fraction of sp³-hybridized carbons (Fsp3) is 0. The Morgan fingerprint density at radius 1 is 1.05 bits per heavy atom. The highest BCUT2D eigenvalue weighted by Gasteiger charge is 2.12. The lowest BCUT2D eigenvalue weighted by Gasteiger charge is -1.90.